The number of nitrogens with zero attached hydrogens (tertiary/aromatic N) is 1. The number of hydrogen-bond donors (Lipinski definition) is 1. The van der Waals surface area contributed by atoms with Crippen molar-refractivity contribution in [3.8, 4) is 0 Å². The fourth-order valence-corrected chi connectivity index (χ4v) is 2.79. The normalized spacial score (nSPS) is 27.1. The minimum absolute atomic E-state index is 0.0980. The zero-order valence-electron chi connectivity index (χ0n) is 10.8. The van der Waals surface area contributed by atoms with Crippen molar-refractivity contribution in [2.45, 2.75) is 50.8 Å². The van der Waals surface area contributed by atoms with Gasteiger partial charge in [0.25, 0.3) is 0 Å². The van der Waals surface area contributed by atoms with Crippen LogP contribution in [0.3, 0.4) is 0 Å². The summed E-state index contributed by atoms with van der Waals surface area (Å²) in [4.78, 5) is 2.41. The molecule has 1 fully saturated rings. The number of rotatable bonds is 3. The molecule has 2 nitrogen and oxygen atoms in total. The Morgan fingerprint density at radius 1 is 1.24 bits per heavy atom. The fourth-order valence-electron chi connectivity index (χ4n) is 2.79. The Labute approximate surface area is 104 Å². The van der Waals surface area contributed by atoms with Crippen LogP contribution < -0.4 is 0 Å². The predicted octanol–water partition coefficient (Wildman–Crippen LogP) is 2.98. The van der Waals surface area contributed by atoms with Gasteiger partial charge in [-0.25, -0.2) is 0 Å². The number of benzene rings is 1. The summed E-state index contributed by atoms with van der Waals surface area (Å²) >= 11 is 0. The zero-order chi connectivity index (χ0) is 12.3. The lowest BCUT2D eigenvalue weighted by atomic mass is 9.90. The monoisotopic (exact) mass is 233 g/mol. The molecule has 0 spiro atoms. The van der Waals surface area contributed by atoms with Crippen molar-refractivity contribution in [2.75, 3.05) is 7.05 Å². The molecule has 0 heterocycles. The number of aliphatic hydroxyl groups is 1. The first-order valence-corrected chi connectivity index (χ1v) is 6.63. The topological polar surface area (TPSA) is 23.5 Å². The molecule has 1 N–H and O–H groups in total. The third-order valence-electron chi connectivity index (χ3n) is 4.09. The van der Waals surface area contributed by atoms with E-state index < -0.39 is 0 Å². The number of aliphatic hydroxyl groups excluding tert-OH is 1. The summed E-state index contributed by atoms with van der Waals surface area (Å²) in [6.45, 7) is 2.25. The van der Waals surface area contributed by atoms with Crippen molar-refractivity contribution in [1.82, 2.24) is 4.90 Å². The van der Waals surface area contributed by atoms with Crippen LogP contribution in [-0.4, -0.2) is 29.2 Å². The van der Waals surface area contributed by atoms with Gasteiger partial charge in [0.15, 0.2) is 0 Å². The first-order chi connectivity index (χ1) is 8.18. The highest BCUT2D eigenvalue weighted by Crippen LogP contribution is 2.28. The van der Waals surface area contributed by atoms with E-state index in [1.807, 2.05) is 0 Å². The first-order valence-electron chi connectivity index (χ1n) is 6.63. The van der Waals surface area contributed by atoms with E-state index in [1.54, 1.807) is 0 Å². The van der Waals surface area contributed by atoms with Crippen molar-refractivity contribution < 1.29 is 5.11 Å². The molecule has 0 bridgehead atoms. The molecule has 1 aromatic carbocycles. The SMILES string of the molecule is CC(c1ccccc1)N(C)C1CCC[C@H](O)C1. The lowest BCUT2D eigenvalue weighted by molar-refractivity contribution is 0.0578. The van der Waals surface area contributed by atoms with Crippen LogP contribution in [0.1, 0.15) is 44.2 Å². The molecule has 2 rings (SSSR count). The van der Waals surface area contributed by atoms with Crippen LogP contribution in [0.25, 0.3) is 0 Å². The smallest absolute Gasteiger partial charge is 0.0555 e. The quantitative estimate of drug-likeness (QED) is 0.867. The molecule has 3 atom stereocenters. The second-order valence-corrected chi connectivity index (χ2v) is 5.23. The maximum absolute atomic E-state index is 9.75. The van der Waals surface area contributed by atoms with E-state index in [0.29, 0.717) is 12.1 Å². The number of hydrogen-bond acceptors (Lipinski definition) is 2. The molecule has 94 valence electrons. The van der Waals surface area contributed by atoms with E-state index in [1.165, 1.54) is 12.0 Å². The lowest BCUT2D eigenvalue weighted by Crippen LogP contribution is -2.39. The molecule has 1 aliphatic carbocycles. The van der Waals surface area contributed by atoms with Gasteiger partial charge in [-0.2, -0.15) is 0 Å². The zero-order valence-corrected chi connectivity index (χ0v) is 10.8. The van der Waals surface area contributed by atoms with Gasteiger partial charge in [0.05, 0.1) is 6.10 Å². The van der Waals surface area contributed by atoms with Crippen molar-refractivity contribution >= 4 is 0 Å². The van der Waals surface area contributed by atoms with Crippen molar-refractivity contribution in [1.29, 1.82) is 0 Å². The maximum Gasteiger partial charge on any atom is 0.0555 e. The molecule has 0 amide bonds. The summed E-state index contributed by atoms with van der Waals surface area (Å²) in [6.07, 6.45) is 4.17. The molecule has 2 unspecified atom stereocenters. The molecule has 1 aliphatic rings. The summed E-state index contributed by atoms with van der Waals surface area (Å²) < 4.78 is 0. The van der Waals surface area contributed by atoms with Crippen molar-refractivity contribution in [3.63, 3.8) is 0 Å². The molecule has 0 aliphatic heterocycles. The van der Waals surface area contributed by atoms with Crippen LogP contribution in [-0.2, 0) is 0 Å². The van der Waals surface area contributed by atoms with E-state index in [9.17, 15) is 5.11 Å². The Morgan fingerprint density at radius 3 is 2.59 bits per heavy atom. The van der Waals surface area contributed by atoms with E-state index in [4.69, 9.17) is 0 Å². The maximum atomic E-state index is 9.75. The first kappa shape index (κ1) is 12.6. The van der Waals surface area contributed by atoms with Gasteiger partial charge in [-0.3, -0.25) is 4.90 Å². The molecular formula is C15H23NO. The van der Waals surface area contributed by atoms with Crippen LogP contribution >= 0.6 is 0 Å². The van der Waals surface area contributed by atoms with E-state index in [-0.39, 0.29) is 6.10 Å². The van der Waals surface area contributed by atoms with Crippen LogP contribution in [0.4, 0.5) is 0 Å². The minimum Gasteiger partial charge on any atom is -0.393 e. The Kier molecular flexibility index (Phi) is 4.19. The Balaban J connectivity index is 2.01. The minimum atomic E-state index is -0.0980. The van der Waals surface area contributed by atoms with Gasteiger partial charge in [-0.15, -0.1) is 0 Å². The van der Waals surface area contributed by atoms with Gasteiger partial charge in [-0.1, -0.05) is 30.3 Å². The highest BCUT2D eigenvalue weighted by molar-refractivity contribution is 5.18. The fraction of sp³-hybridized carbons (Fsp3) is 0.600. The second-order valence-electron chi connectivity index (χ2n) is 5.23. The van der Waals surface area contributed by atoms with Gasteiger partial charge in [0.1, 0.15) is 0 Å². The van der Waals surface area contributed by atoms with E-state index in [2.05, 4.69) is 49.2 Å². The van der Waals surface area contributed by atoms with Gasteiger partial charge >= 0.3 is 0 Å². The largest absolute Gasteiger partial charge is 0.393 e. The molecule has 0 radical (unpaired) electrons. The molecule has 17 heavy (non-hydrogen) atoms. The highest BCUT2D eigenvalue weighted by Gasteiger charge is 2.26. The van der Waals surface area contributed by atoms with Crippen LogP contribution in [0.5, 0.6) is 0 Å². The van der Waals surface area contributed by atoms with Crippen LogP contribution in [0.15, 0.2) is 30.3 Å². The van der Waals surface area contributed by atoms with Crippen molar-refractivity contribution in [2.24, 2.45) is 0 Å². The molecule has 1 saturated carbocycles. The summed E-state index contributed by atoms with van der Waals surface area (Å²) in [5.41, 5.74) is 1.36. The highest BCUT2D eigenvalue weighted by atomic mass is 16.3. The average Bonchev–Trinajstić information content (AvgIpc) is 2.38. The van der Waals surface area contributed by atoms with E-state index >= 15 is 0 Å². The summed E-state index contributed by atoms with van der Waals surface area (Å²) in [5.74, 6) is 0. The van der Waals surface area contributed by atoms with Gasteiger partial charge in [0.2, 0.25) is 0 Å². The molecule has 0 aromatic heterocycles. The van der Waals surface area contributed by atoms with Crippen LogP contribution in [0.2, 0.25) is 0 Å². The second kappa shape index (κ2) is 5.65. The molecule has 1 aromatic rings. The summed E-state index contributed by atoms with van der Waals surface area (Å²) in [5, 5.41) is 9.75. The standard InChI is InChI=1S/C15H23NO/c1-12(13-7-4-3-5-8-13)16(2)14-9-6-10-15(17)11-14/h3-5,7-8,12,14-15,17H,6,9-11H2,1-2H3/t12?,14?,15-/m0/s1. The Hall–Kier alpha value is -0.860. The van der Waals surface area contributed by atoms with Gasteiger partial charge in [0, 0.05) is 12.1 Å². The molecular weight excluding hydrogens is 210 g/mol. The Bertz CT molecular complexity index is 338. The average molecular weight is 233 g/mol. The molecule has 0 saturated heterocycles. The Morgan fingerprint density at radius 2 is 1.94 bits per heavy atom. The van der Waals surface area contributed by atoms with Gasteiger partial charge in [-0.05, 0) is 45.2 Å². The predicted molar refractivity (Wildman–Crippen MR) is 70.9 cm³/mol. The van der Waals surface area contributed by atoms with Crippen molar-refractivity contribution in [3.05, 3.63) is 35.9 Å². The van der Waals surface area contributed by atoms with Gasteiger partial charge < -0.3 is 5.11 Å². The third-order valence-corrected chi connectivity index (χ3v) is 4.09. The third kappa shape index (κ3) is 3.08. The summed E-state index contributed by atoms with van der Waals surface area (Å²) in [6, 6.07) is 11.5. The summed E-state index contributed by atoms with van der Waals surface area (Å²) in [7, 11) is 2.18. The lowest BCUT2D eigenvalue weighted by Gasteiger charge is -2.37. The molecule has 2 heteroatoms. The van der Waals surface area contributed by atoms with E-state index in [0.717, 1.165) is 19.3 Å². The van der Waals surface area contributed by atoms with Crippen LogP contribution in [0, 0.1) is 0 Å².